The topological polar surface area (TPSA) is 123 Å². The van der Waals surface area contributed by atoms with E-state index in [4.69, 9.17) is 9.47 Å². The van der Waals surface area contributed by atoms with Gasteiger partial charge in [0.15, 0.2) is 6.10 Å². The van der Waals surface area contributed by atoms with Gasteiger partial charge in [0.05, 0.1) is 31.1 Å². The quantitative estimate of drug-likeness (QED) is 0.449. The minimum Gasteiger partial charge on any atom is -0.471 e. The molecule has 0 saturated carbocycles. The second-order valence-corrected chi connectivity index (χ2v) is 8.95. The Morgan fingerprint density at radius 1 is 1.29 bits per heavy atom. The van der Waals surface area contributed by atoms with E-state index in [1.54, 1.807) is 34.3 Å². The van der Waals surface area contributed by atoms with Crippen LogP contribution in [0.15, 0.2) is 53.8 Å². The molecule has 0 spiro atoms. The first-order valence-corrected chi connectivity index (χ1v) is 12.0. The van der Waals surface area contributed by atoms with Crippen molar-refractivity contribution >= 4 is 23.3 Å². The van der Waals surface area contributed by atoms with Gasteiger partial charge in [-0.3, -0.25) is 9.69 Å². The third-order valence-electron chi connectivity index (χ3n) is 6.45. The van der Waals surface area contributed by atoms with Crippen LogP contribution in [0.3, 0.4) is 0 Å². The number of rotatable bonds is 9. The molecule has 1 unspecified atom stereocenters. The molecule has 0 radical (unpaired) electrons. The van der Waals surface area contributed by atoms with E-state index in [-0.39, 0.29) is 68.9 Å². The fourth-order valence-electron chi connectivity index (χ4n) is 4.51. The van der Waals surface area contributed by atoms with Crippen LogP contribution < -0.4 is 9.64 Å². The highest BCUT2D eigenvalue weighted by Gasteiger charge is 2.34. The van der Waals surface area contributed by atoms with Gasteiger partial charge in [-0.15, -0.1) is 0 Å². The van der Waals surface area contributed by atoms with Gasteiger partial charge < -0.3 is 28.6 Å². The van der Waals surface area contributed by atoms with Crippen molar-refractivity contribution in [2.75, 3.05) is 37.7 Å². The van der Waals surface area contributed by atoms with Crippen LogP contribution in [0.25, 0.3) is 5.57 Å². The molecule has 0 bridgehead atoms. The Kier molecular flexibility index (Phi) is 7.36. The molecule has 2 atom stereocenters. The first-order valence-electron chi connectivity index (χ1n) is 12.0. The lowest BCUT2D eigenvalue weighted by molar-refractivity contribution is -0.136. The zero-order valence-electron chi connectivity index (χ0n) is 20.2. The molecule has 200 valence electrons. The van der Waals surface area contributed by atoms with Gasteiger partial charge in [-0.2, -0.15) is 0 Å². The summed E-state index contributed by atoms with van der Waals surface area (Å²) in [5, 5.41) is 13.3. The van der Waals surface area contributed by atoms with Crippen molar-refractivity contribution in [2.45, 2.75) is 19.1 Å². The minimum atomic E-state index is -0.825. The van der Waals surface area contributed by atoms with E-state index in [2.05, 4.69) is 14.7 Å². The zero-order chi connectivity index (χ0) is 26.6. The number of ether oxygens (including phenoxy) is 2. The number of halogens is 2. The van der Waals surface area contributed by atoms with Gasteiger partial charge in [0, 0.05) is 43.7 Å². The second kappa shape index (κ2) is 11.0. The van der Waals surface area contributed by atoms with Crippen LogP contribution in [0.5, 0.6) is 5.88 Å². The molecule has 1 fully saturated rings. The third-order valence-corrected chi connectivity index (χ3v) is 6.45. The molecule has 1 aromatic carbocycles. The lowest BCUT2D eigenvalue weighted by Crippen LogP contribution is -2.41. The molecular formula is C25H25F2N5O6. The van der Waals surface area contributed by atoms with Crippen LogP contribution >= 0.6 is 0 Å². The van der Waals surface area contributed by atoms with Gasteiger partial charge in [-0.05, 0) is 29.3 Å². The molecule has 5 rings (SSSR count). The largest absolute Gasteiger partial charge is 0.471 e. The zero-order valence-corrected chi connectivity index (χ0v) is 20.2. The number of amides is 2. The van der Waals surface area contributed by atoms with Gasteiger partial charge in [-0.1, -0.05) is 6.08 Å². The predicted octanol–water partition coefficient (Wildman–Crippen LogP) is 2.48. The highest BCUT2D eigenvalue weighted by Crippen LogP contribution is 2.32. The maximum absolute atomic E-state index is 15.1. The van der Waals surface area contributed by atoms with Gasteiger partial charge >= 0.3 is 6.09 Å². The van der Waals surface area contributed by atoms with Crippen molar-refractivity contribution in [2.24, 2.45) is 5.92 Å². The molecule has 11 nitrogen and oxygen atoms in total. The number of anilines is 1. The average Bonchev–Trinajstić information content (AvgIpc) is 3.68. The Labute approximate surface area is 215 Å². The van der Waals surface area contributed by atoms with Crippen molar-refractivity contribution in [3.63, 3.8) is 0 Å². The summed E-state index contributed by atoms with van der Waals surface area (Å²) in [6, 6.07) is 3.68. The number of carbonyl (C=O) groups is 2. The van der Waals surface area contributed by atoms with E-state index in [0.29, 0.717) is 5.57 Å². The number of nitrogens with zero attached hydrogens (tertiary/aromatic N) is 5. The summed E-state index contributed by atoms with van der Waals surface area (Å²) < 4.78 is 47.2. The molecule has 0 aliphatic carbocycles. The molecule has 13 heteroatoms. The van der Waals surface area contributed by atoms with Crippen LogP contribution in [-0.2, 0) is 16.1 Å². The number of carbonyl (C=O) groups excluding carboxylic acids is 2. The molecule has 2 aromatic heterocycles. The molecule has 1 saturated heterocycles. The number of aromatic nitrogens is 3. The number of aliphatic hydroxyl groups is 1. The van der Waals surface area contributed by atoms with E-state index in [0.717, 1.165) is 17.0 Å². The summed E-state index contributed by atoms with van der Waals surface area (Å²) in [6.45, 7) is 0.387. The first kappa shape index (κ1) is 25.4. The Balaban J connectivity index is 1.24. The molecule has 1 N–H and O–H groups in total. The highest BCUT2D eigenvalue weighted by atomic mass is 19.1. The summed E-state index contributed by atoms with van der Waals surface area (Å²) in [5.74, 6) is -2.32. The average molecular weight is 530 g/mol. The molecule has 2 aliphatic heterocycles. The smallest absolute Gasteiger partial charge is 0.414 e. The highest BCUT2D eigenvalue weighted by molar-refractivity contribution is 5.90. The van der Waals surface area contributed by atoms with Gasteiger partial charge in [0.2, 0.25) is 5.91 Å². The third kappa shape index (κ3) is 5.37. The monoisotopic (exact) mass is 529 g/mol. The van der Waals surface area contributed by atoms with E-state index >= 15 is 8.78 Å². The molecule has 38 heavy (non-hydrogen) atoms. The summed E-state index contributed by atoms with van der Waals surface area (Å²) in [6.07, 6.45) is 6.62. The Bertz CT molecular complexity index is 1290. The predicted molar refractivity (Wildman–Crippen MR) is 128 cm³/mol. The molecule has 4 heterocycles. The number of hydrogen-bond donors (Lipinski definition) is 1. The SMILES string of the molecule is O=C(C(CO)Cn1ccnc1)N1CC=C(c2c(F)cc(N3C[C@H](COc4ccon4)OC3=O)cc2F)CC1. The van der Waals surface area contributed by atoms with Crippen molar-refractivity contribution < 1.29 is 37.5 Å². The fourth-order valence-corrected chi connectivity index (χ4v) is 4.51. The number of benzene rings is 1. The van der Waals surface area contributed by atoms with E-state index < -0.39 is 29.7 Å². The lowest BCUT2D eigenvalue weighted by atomic mass is 9.97. The Morgan fingerprint density at radius 2 is 2.11 bits per heavy atom. The molecule has 2 amide bonds. The lowest BCUT2D eigenvalue weighted by Gasteiger charge is -2.30. The second-order valence-electron chi connectivity index (χ2n) is 8.95. The van der Waals surface area contributed by atoms with E-state index in [9.17, 15) is 14.7 Å². The summed E-state index contributed by atoms with van der Waals surface area (Å²) in [7, 11) is 0. The number of aliphatic hydroxyl groups excluding tert-OH is 1. The van der Waals surface area contributed by atoms with Gasteiger partial charge in [0.1, 0.15) is 24.5 Å². The number of cyclic esters (lactones) is 1. The van der Waals surface area contributed by atoms with Gasteiger partial charge in [-0.25, -0.2) is 18.6 Å². The van der Waals surface area contributed by atoms with Crippen LogP contribution in [0.1, 0.15) is 12.0 Å². The van der Waals surface area contributed by atoms with Crippen LogP contribution in [0.4, 0.5) is 19.3 Å². The molecule has 3 aromatic rings. The Morgan fingerprint density at radius 3 is 2.74 bits per heavy atom. The van der Waals surface area contributed by atoms with E-state index in [1.807, 2.05) is 0 Å². The summed E-state index contributed by atoms with van der Waals surface area (Å²) >= 11 is 0. The maximum Gasteiger partial charge on any atom is 0.414 e. The van der Waals surface area contributed by atoms with Crippen LogP contribution in [0, 0.1) is 17.6 Å². The van der Waals surface area contributed by atoms with Gasteiger partial charge in [0.25, 0.3) is 5.88 Å². The first-order chi connectivity index (χ1) is 18.4. The van der Waals surface area contributed by atoms with Crippen molar-refractivity contribution in [1.29, 1.82) is 0 Å². The number of imidazole rings is 1. The fraction of sp³-hybridized carbons (Fsp3) is 0.360. The van der Waals surface area contributed by atoms with Crippen molar-refractivity contribution in [3.8, 4) is 5.88 Å². The Hall–Kier alpha value is -4.26. The molecule has 2 aliphatic rings. The maximum atomic E-state index is 15.1. The normalized spacial score (nSPS) is 18.3. The summed E-state index contributed by atoms with van der Waals surface area (Å²) in [4.78, 5) is 31.8. The van der Waals surface area contributed by atoms with Crippen molar-refractivity contribution in [1.82, 2.24) is 19.6 Å². The standard InChI is InChI=1S/C25H25F2N5O6/c26-20-9-18(32-12-19(38-25(32)35)14-36-22-3-8-37-29-22)10-21(27)23(20)16-1-5-31(6-2-16)24(34)17(13-33)11-30-7-4-28-15-30/h1,3-4,7-10,15,17,19,33H,2,5-6,11-14H2/t17?,19-/m1/s1. The molecular weight excluding hydrogens is 504 g/mol. The number of hydrogen-bond acceptors (Lipinski definition) is 8. The van der Waals surface area contributed by atoms with Crippen LogP contribution in [-0.4, -0.2) is 75.7 Å². The summed E-state index contributed by atoms with van der Waals surface area (Å²) in [5.41, 5.74) is 0.251. The van der Waals surface area contributed by atoms with Crippen molar-refractivity contribution in [3.05, 3.63) is 66.5 Å². The van der Waals surface area contributed by atoms with E-state index in [1.165, 1.54) is 12.3 Å². The van der Waals surface area contributed by atoms with Crippen LogP contribution in [0.2, 0.25) is 0 Å². The minimum absolute atomic E-state index is 0.000608.